The molecule has 3 fully saturated rings. The normalized spacial score (nSPS) is 21.6. The van der Waals surface area contributed by atoms with Crippen LogP contribution >= 0.6 is 0 Å². The number of nitrogens with zero attached hydrogens (tertiary/aromatic N) is 6. The van der Waals surface area contributed by atoms with E-state index in [1.165, 1.54) is 0 Å². The number of benzene rings is 2. The van der Waals surface area contributed by atoms with Crippen LogP contribution in [0.2, 0.25) is 0 Å². The van der Waals surface area contributed by atoms with Crippen molar-refractivity contribution in [3.8, 4) is 29.6 Å². The Bertz CT molecular complexity index is 1980. The van der Waals surface area contributed by atoms with Crippen molar-refractivity contribution in [1.82, 2.24) is 24.8 Å². The number of fused-ring (bicyclic) bond motifs is 5. The Labute approximate surface area is 279 Å². The Hall–Kier alpha value is -4.75. The van der Waals surface area contributed by atoms with E-state index < -0.39 is 11.4 Å². The van der Waals surface area contributed by atoms with Gasteiger partial charge >= 0.3 is 12.1 Å². The van der Waals surface area contributed by atoms with Crippen LogP contribution in [0.5, 0.6) is 6.01 Å². The highest BCUT2D eigenvalue weighted by Crippen LogP contribution is 2.41. The van der Waals surface area contributed by atoms with E-state index in [1.54, 1.807) is 11.1 Å². The molecular weight excluding hydrogens is 607 g/mol. The fraction of sp³-hybridized carbons (Fsp3) is 0.421. The van der Waals surface area contributed by atoms with Crippen LogP contribution in [0.3, 0.4) is 0 Å². The number of piperazine rings is 1. The molecular formula is C38H39FN6O3. The lowest BCUT2D eigenvalue weighted by Gasteiger charge is -2.42. The van der Waals surface area contributed by atoms with Gasteiger partial charge in [-0.2, -0.15) is 9.97 Å². The highest BCUT2D eigenvalue weighted by molar-refractivity contribution is 6.02. The highest BCUT2D eigenvalue weighted by atomic mass is 19.1. The summed E-state index contributed by atoms with van der Waals surface area (Å²) in [5.74, 6) is 2.72. The van der Waals surface area contributed by atoms with Gasteiger partial charge in [-0.1, -0.05) is 48.4 Å². The first-order valence-electron chi connectivity index (χ1n) is 16.8. The van der Waals surface area contributed by atoms with Gasteiger partial charge in [-0.15, -0.1) is 6.42 Å². The van der Waals surface area contributed by atoms with Crippen LogP contribution in [0.25, 0.3) is 32.9 Å². The third kappa shape index (κ3) is 5.12. The van der Waals surface area contributed by atoms with Crippen molar-refractivity contribution >= 4 is 33.6 Å². The molecule has 0 saturated carbocycles. The molecule has 48 heavy (non-hydrogen) atoms. The minimum Gasteiger partial charge on any atom is -0.461 e. The van der Waals surface area contributed by atoms with Crippen LogP contribution in [0, 0.1) is 18.2 Å². The van der Waals surface area contributed by atoms with Crippen molar-refractivity contribution in [3.63, 3.8) is 0 Å². The van der Waals surface area contributed by atoms with E-state index in [0.29, 0.717) is 42.0 Å². The summed E-state index contributed by atoms with van der Waals surface area (Å²) >= 11 is 0. The third-order valence-electron chi connectivity index (χ3n) is 10.2. The number of carbonyl (C=O) groups excluding carboxylic acids is 1. The summed E-state index contributed by atoms with van der Waals surface area (Å²) in [7, 11) is 0. The molecule has 2 bridgehead atoms. The fourth-order valence-electron chi connectivity index (χ4n) is 8.10. The van der Waals surface area contributed by atoms with Gasteiger partial charge in [0, 0.05) is 35.8 Å². The van der Waals surface area contributed by atoms with Crippen LogP contribution < -0.4 is 9.64 Å². The van der Waals surface area contributed by atoms with Crippen molar-refractivity contribution in [1.29, 1.82) is 0 Å². The monoisotopic (exact) mass is 646 g/mol. The van der Waals surface area contributed by atoms with Crippen LogP contribution in [0.15, 0.2) is 54.7 Å². The average Bonchev–Trinajstić information content (AvgIpc) is 3.73. The second-order valence-corrected chi connectivity index (χ2v) is 14.4. The van der Waals surface area contributed by atoms with Crippen LogP contribution in [0.1, 0.15) is 52.0 Å². The quantitative estimate of drug-likeness (QED) is 0.184. The number of terminal acetylenes is 1. The Morgan fingerprint density at radius 1 is 1.06 bits per heavy atom. The molecule has 3 saturated heterocycles. The SMILES string of the molecule is C#Cc1cccc2cccc(-c3ncc4c(N5C[C@@H]6C=C[C@@H](C5)N6C(=O)OC(C)(C)C)nc(OCC56CCCN5CCC6)nc4c3F)c12. The maximum absolute atomic E-state index is 16.9. The van der Waals surface area contributed by atoms with Crippen LogP contribution in [-0.2, 0) is 4.74 Å². The second-order valence-electron chi connectivity index (χ2n) is 14.4. The van der Waals surface area contributed by atoms with E-state index in [0.717, 1.165) is 49.5 Å². The minimum absolute atomic E-state index is 0.0307. The van der Waals surface area contributed by atoms with Crippen molar-refractivity contribution in [2.45, 2.75) is 69.7 Å². The van der Waals surface area contributed by atoms with E-state index in [2.05, 4.69) is 20.7 Å². The number of amides is 1. The van der Waals surface area contributed by atoms with Gasteiger partial charge in [-0.05, 0) is 71.0 Å². The van der Waals surface area contributed by atoms with Crippen molar-refractivity contribution in [2.24, 2.45) is 0 Å². The number of anilines is 1. The summed E-state index contributed by atoms with van der Waals surface area (Å²) in [4.78, 5) is 33.8. The first kappa shape index (κ1) is 30.6. The Kier molecular flexibility index (Phi) is 7.29. The molecule has 9 nitrogen and oxygen atoms in total. The van der Waals surface area contributed by atoms with Gasteiger partial charge in [-0.3, -0.25) is 14.8 Å². The van der Waals surface area contributed by atoms with Gasteiger partial charge in [-0.25, -0.2) is 9.18 Å². The number of rotatable bonds is 5. The first-order valence-corrected chi connectivity index (χ1v) is 16.8. The van der Waals surface area contributed by atoms with Gasteiger partial charge in [0.15, 0.2) is 5.82 Å². The largest absolute Gasteiger partial charge is 0.461 e. The summed E-state index contributed by atoms with van der Waals surface area (Å²) in [6.45, 7) is 9.08. The molecule has 2 atom stereocenters. The molecule has 246 valence electrons. The minimum atomic E-state index is -0.609. The molecule has 4 aliphatic heterocycles. The van der Waals surface area contributed by atoms with Gasteiger partial charge in [0.05, 0.1) is 23.0 Å². The number of aromatic nitrogens is 3. The van der Waals surface area contributed by atoms with E-state index in [-0.39, 0.29) is 40.9 Å². The smallest absolute Gasteiger partial charge is 0.411 e. The average molecular weight is 647 g/mol. The number of ether oxygens (including phenoxy) is 2. The summed E-state index contributed by atoms with van der Waals surface area (Å²) in [5.41, 5.74) is 0.929. The lowest BCUT2D eigenvalue weighted by Crippen LogP contribution is -2.57. The number of hydrogen-bond donors (Lipinski definition) is 0. The predicted molar refractivity (Wildman–Crippen MR) is 183 cm³/mol. The van der Waals surface area contributed by atoms with Gasteiger partial charge < -0.3 is 14.4 Å². The van der Waals surface area contributed by atoms with E-state index in [4.69, 9.17) is 25.9 Å². The van der Waals surface area contributed by atoms with E-state index >= 15 is 4.39 Å². The summed E-state index contributed by atoms with van der Waals surface area (Å²) in [6.07, 6.45) is 15.6. The Balaban J connectivity index is 1.21. The zero-order chi connectivity index (χ0) is 33.2. The van der Waals surface area contributed by atoms with E-state index in [1.807, 2.05) is 69.3 Å². The molecule has 0 N–H and O–H groups in total. The maximum atomic E-state index is 16.9. The first-order chi connectivity index (χ1) is 23.1. The lowest BCUT2D eigenvalue weighted by atomic mass is 9.95. The zero-order valence-electron chi connectivity index (χ0n) is 27.6. The van der Waals surface area contributed by atoms with Gasteiger partial charge in [0.2, 0.25) is 0 Å². The number of halogens is 1. The Morgan fingerprint density at radius 3 is 2.46 bits per heavy atom. The maximum Gasteiger partial charge on any atom is 0.411 e. The number of pyridine rings is 1. The molecule has 6 heterocycles. The molecule has 2 aromatic carbocycles. The number of hydrogen-bond acceptors (Lipinski definition) is 8. The van der Waals surface area contributed by atoms with Crippen molar-refractivity contribution in [2.75, 3.05) is 37.7 Å². The third-order valence-corrected chi connectivity index (χ3v) is 10.2. The summed E-state index contributed by atoms with van der Waals surface area (Å²) in [5, 5.41) is 2.15. The summed E-state index contributed by atoms with van der Waals surface area (Å²) < 4.78 is 29.1. The Morgan fingerprint density at radius 2 is 1.77 bits per heavy atom. The number of carbonyl (C=O) groups is 1. The zero-order valence-corrected chi connectivity index (χ0v) is 27.6. The van der Waals surface area contributed by atoms with Crippen molar-refractivity contribution < 1.29 is 18.7 Å². The van der Waals surface area contributed by atoms with Gasteiger partial charge in [0.25, 0.3) is 0 Å². The molecule has 0 spiro atoms. The molecule has 4 aliphatic rings. The second kappa shape index (κ2) is 11.4. The van der Waals surface area contributed by atoms with Crippen LogP contribution in [-0.4, -0.2) is 86.9 Å². The molecule has 0 unspecified atom stereocenters. The van der Waals surface area contributed by atoms with Crippen LogP contribution in [0.4, 0.5) is 15.0 Å². The lowest BCUT2D eigenvalue weighted by molar-refractivity contribution is 0.0146. The van der Waals surface area contributed by atoms with Crippen molar-refractivity contribution in [3.05, 3.63) is 66.1 Å². The molecule has 2 aromatic heterocycles. The fourth-order valence-corrected chi connectivity index (χ4v) is 8.10. The molecule has 1 amide bonds. The van der Waals surface area contributed by atoms with E-state index in [9.17, 15) is 4.79 Å². The molecule has 8 rings (SSSR count). The molecule has 0 radical (unpaired) electrons. The van der Waals surface area contributed by atoms with Gasteiger partial charge in [0.1, 0.15) is 29.2 Å². The molecule has 4 aromatic rings. The predicted octanol–water partition coefficient (Wildman–Crippen LogP) is 6.34. The highest BCUT2D eigenvalue weighted by Gasteiger charge is 2.45. The molecule has 0 aliphatic carbocycles. The summed E-state index contributed by atoms with van der Waals surface area (Å²) in [6, 6.07) is 11.1. The standard InChI is InChI=1S/C38H39FN6O3/c1-5-24-10-6-11-25-12-7-13-28(30(24)25)32-31(39)33-29(20-40-32)34(42-35(41-33)47-23-38-16-8-18-44(38)19-9-17-38)43-21-26-14-15-27(22-43)45(26)36(46)48-37(2,3)4/h1,6-7,10-15,20,26-27H,8-9,16-19,21-23H2,2-4H3/t26-,27-/m0/s1. The topological polar surface area (TPSA) is 83.9 Å². The molecule has 10 heteroatoms.